The number of aryl methyl sites for hydroxylation is 1. The van der Waals surface area contributed by atoms with Crippen LogP contribution in [0, 0.1) is 12.8 Å². The molecule has 0 radical (unpaired) electrons. The van der Waals surface area contributed by atoms with Gasteiger partial charge in [-0.05, 0) is 32.2 Å². The molecule has 21 heavy (non-hydrogen) atoms. The van der Waals surface area contributed by atoms with Gasteiger partial charge in [0.15, 0.2) is 5.43 Å². The van der Waals surface area contributed by atoms with Gasteiger partial charge in [0.05, 0.1) is 0 Å². The highest BCUT2D eigenvalue weighted by molar-refractivity contribution is 5.93. The molecule has 1 aliphatic heterocycles. The Kier molecular flexibility index (Phi) is 5.17. The Morgan fingerprint density at radius 2 is 2.24 bits per heavy atom. The van der Waals surface area contributed by atoms with Crippen molar-refractivity contribution in [1.29, 1.82) is 0 Å². The molecule has 0 aromatic carbocycles. The quantitative estimate of drug-likeness (QED) is 0.865. The van der Waals surface area contributed by atoms with Gasteiger partial charge in [-0.3, -0.25) is 9.59 Å². The van der Waals surface area contributed by atoms with E-state index in [-0.39, 0.29) is 16.9 Å². The Balaban J connectivity index is 2.17. The number of rotatable bonds is 5. The zero-order valence-electron chi connectivity index (χ0n) is 13.1. The molecule has 0 aliphatic carbocycles. The molecular formula is C16H25N3O2. The topological polar surface area (TPSA) is 65.2 Å². The molecule has 1 amide bonds. The minimum absolute atomic E-state index is 0.168. The van der Waals surface area contributed by atoms with Gasteiger partial charge in [-0.2, -0.15) is 0 Å². The normalized spacial score (nSPS) is 18.2. The molecule has 1 aromatic heterocycles. The van der Waals surface area contributed by atoms with Gasteiger partial charge in [-0.1, -0.05) is 13.8 Å². The van der Waals surface area contributed by atoms with Crippen LogP contribution in [0.3, 0.4) is 0 Å². The first-order chi connectivity index (χ1) is 9.97. The van der Waals surface area contributed by atoms with Crippen molar-refractivity contribution in [1.82, 2.24) is 15.2 Å². The van der Waals surface area contributed by atoms with Gasteiger partial charge in [0.1, 0.15) is 5.56 Å². The summed E-state index contributed by atoms with van der Waals surface area (Å²) in [5.41, 5.74) is 0.799. The lowest BCUT2D eigenvalue weighted by molar-refractivity contribution is 0.0719. The van der Waals surface area contributed by atoms with Crippen LogP contribution in [0.2, 0.25) is 0 Å². The summed E-state index contributed by atoms with van der Waals surface area (Å²) in [5.74, 6) is 0.207. The summed E-state index contributed by atoms with van der Waals surface area (Å²) in [5, 5.41) is 3.41. The summed E-state index contributed by atoms with van der Waals surface area (Å²) < 4.78 is 0. The largest absolute Gasteiger partial charge is 0.364 e. The summed E-state index contributed by atoms with van der Waals surface area (Å²) >= 11 is 0. The number of aromatic nitrogens is 1. The van der Waals surface area contributed by atoms with E-state index in [2.05, 4.69) is 24.1 Å². The van der Waals surface area contributed by atoms with Crippen LogP contribution in [0.15, 0.2) is 17.1 Å². The van der Waals surface area contributed by atoms with E-state index in [1.54, 1.807) is 0 Å². The third-order valence-electron chi connectivity index (χ3n) is 3.76. The zero-order chi connectivity index (χ0) is 15.4. The molecule has 0 spiro atoms. The van der Waals surface area contributed by atoms with Crippen LogP contribution in [0.4, 0.5) is 0 Å². The molecule has 2 N–H and O–H groups in total. The Labute approximate surface area is 125 Å². The van der Waals surface area contributed by atoms with Crippen molar-refractivity contribution in [3.05, 3.63) is 33.7 Å². The second-order valence-corrected chi connectivity index (χ2v) is 6.29. The van der Waals surface area contributed by atoms with Gasteiger partial charge < -0.3 is 15.2 Å². The third-order valence-corrected chi connectivity index (χ3v) is 3.76. The molecule has 0 saturated carbocycles. The maximum Gasteiger partial charge on any atom is 0.259 e. The molecule has 1 atom stereocenters. The minimum Gasteiger partial charge on any atom is -0.364 e. The zero-order valence-corrected chi connectivity index (χ0v) is 13.1. The van der Waals surface area contributed by atoms with Crippen molar-refractivity contribution in [3.63, 3.8) is 0 Å². The van der Waals surface area contributed by atoms with Crippen LogP contribution in [-0.2, 0) is 0 Å². The van der Waals surface area contributed by atoms with E-state index >= 15 is 0 Å². The monoisotopic (exact) mass is 291 g/mol. The Hall–Kier alpha value is -1.62. The Morgan fingerprint density at radius 1 is 1.48 bits per heavy atom. The number of hydrogen-bond donors (Lipinski definition) is 2. The highest BCUT2D eigenvalue weighted by Crippen LogP contribution is 2.11. The Morgan fingerprint density at radius 3 is 2.81 bits per heavy atom. The molecule has 1 fully saturated rings. The molecular weight excluding hydrogens is 266 g/mol. The molecule has 2 heterocycles. The fraction of sp³-hybridized carbons (Fsp3) is 0.625. The average molecular weight is 291 g/mol. The van der Waals surface area contributed by atoms with Crippen LogP contribution in [0.1, 0.15) is 42.7 Å². The standard InChI is InChI=1S/C16H25N3O2/c1-11(2)9-19(10-13-5-4-6-17-13)16(21)14-8-18-12(3)7-15(14)20/h7-8,11,13,17H,4-6,9-10H2,1-3H3,(H,18,20). The first-order valence-corrected chi connectivity index (χ1v) is 7.69. The van der Waals surface area contributed by atoms with Crippen LogP contribution >= 0.6 is 0 Å². The first-order valence-electron chi connectivity index (χ1n) is 7.69. The van der Waals surface area contributed by atoms with Gasteiger partial charge in [-0.25, -0.2) is 0 Å². The lowest BCUT2D eigenvalue weighted by Crippen LogP contribution is -2.44. The number of aromatic amines is 1. The third kappa shape index (κ3) is 4.17. The molecule has 1 aromatic rings. The molecule has 1 unspecified atom stereocenters. The second kappa shape index (κ2) is 6.89. The van der Waals surface area contributed by atoms with Crippen LogP contribution in [0.5, 0.6) is 0 Å². The lowest BCUT2D eigenvalue weighted by Gasteiger charge is -2.27. The molecule has 2 rings (SSSR count). The van der Waals surface area contributed by atoms with E-state index in [0.29, 0.717) is 25.0 Å². The number of H-pyrrole nitrogens is 1. The number of carbonyl (C=O) groups is 1. The SMILES string of the molecule is Cc1cc(=O)c(C(=O)N(CC(C)C)CC2CCCN2)c[nH]1. The van der Waals surface area contributed by atoms with E-state index < -0.39 is 0 Å². The smallest absolute Gasteiger partial charge is 0.259 e. The van der Waals surface area contributed by atoms with Gasteiger partial charge in [-0.15, -0.1) is 0 Å². The second-order valence-electron chi connectivity index (χ2n) is 6.29. The van der Waals surface area contributed by atoms with E-state index in [4.69, 9.17) is 0 Å². The molecule has 1 aliphatic rings. The highest BCUT2D eigenvalue weighted by atomic mass is 16.2. The molecule has 1 saturated heterocycles. The van der Waals surface area contributed by atoms with Crippen molar-refractivity contribution >= 4 is 5.91 Å². The van der Waals surface area contributed by atoms with Crippen LogP contribution in [0.25, 0.3) is 0 Å². The van der Waals surface area contributed by atoms with E-state index in [1.807, 2.05) is 11.8 Å². The summed E-state index contributed by atoms with van der Waals surface area (Å²) in [6.07, 6.45) is 3.78. The van der Waals surface area contributed by atoms with E-state index in [9.17, 15) is 9.59 Å². The predicted octanol–water partition coefficient (Wildman–Crippen LogP) is 1.53. The van der Waals surface area contributed by atoms with E-state index in [0.717, 1.165) is 25.1 Å². The number of nitrogens with zero attached hydrogens (tertiary/aromatic N) is 1. The van der Waals surface area contributed by atoms with Crippen molar-refractivity contribution in [2.24, 2.45) is 5.92 Å². The number of nitrogens with one attached hydrogen (secondary N) is 2. The molecule has 116 valence electrons. The maximum absolute atomic E-state index is 12.7. The minimum atomic E-state index is -0.204. The molecule has 5 heteroatoms. The van der Waals surface area contributed by atoms with Crippen LogP contribution in [-0.4, -0.2) is 41.5 Å². The van der Waals surface area contributed by atoms with E-state index in [1.165, 1.54) is 12.3 Å². The molecule has 5 nitrogen and oxygen atoms in total. The van der Waals surface area contributed by atoms with Crippen molar-refractivity contribution in [2.75, 3.05) is 19.6 Å². The van der Waals surface area contributed by atoms with Crippen molar-refractivity contribution in [3.8, 4) is 0 Å². The van der Waals surface area contributed by atoms with Crippen LogP contribution < -0.4 is 10.7 Å². The number of carbonyl (C=O) groups excluding carboxylic acids is 1. The summed E-state index contributed by atoms with van der Waals surface area (Å²) in [4.78, 5) is 29.5. The number of amides is 1. The lowest BCUT2D eigenvalue weighted by atomic mass is 10.1. The summed E-state index contributed by atoms with van der Waals surface area (Å²) in [7, 11) is 0. The number of hydrogen-bond acceptors (Lipinski definition) is 3. The Bertz CT molecular complexity index is 545. The predicted molar refractivity (Wildman–Crippen MR) is 83.6 cm³/mol. The van der Waals surface area contributed by atoms with Gasteiger partial charge in [0.25, 0.3) is 5.91 Å². The summed E-state index contributed by atoms with van der Waals surface area (Å²) in [6.45, 7) is 8.33. The van der Waals surface area contributed by atoms with Crippen molar-refractivity contribution < 1.29 is 4.79 Å². The average Bonchev–Trinajstić information content (AvgIpc) is 2.89. The van der Waals surface area contributed by atoms with Gasteiger partial charge in [0, 0.05) is 37.1 Å². The van der Waals surface area contributed by atoms with Crippen molar-refractivity contribution in [2.45, 2.75) is 39.7 Å². The fourth-order valence-corrected chi connectivity index (χ4v) is 2.77. The summed E-state index contributed by atoms with van der Waals surface area (Å²) in [6, 6.07) is 1.83. The highest BCUT2D eigenvalue weighted by Gasteiger charge is 2.24. The molecule has 0 bridgehead atoms. The first kappa shape index (κ1) is 15.8. The van der Waals surface area contributed by atoms with Gasteiger partial charge in [0.2, 0.25) is 0 Å². The van der Waals surface area contributed by atoms with Gasteiger partial charge >= 0.3 is 0 Å². The number of pyridine rings is 1. The fourth-order valence-electron chi connectivity index (χ4n) is 2.77. The maximum atomic E-state index is 12.7.